The molecule has 0 N–H and O–H groups in total. The number of rotatable bonds is 2. The molecule has 0 bridgehead atoms. The molecule has 4 rings (SSSR count). The third-order valence-electron chi connectivity index (χ3n) is 5.71. The number of carbonyl (C=O) groups excluding carboxylic acids is 2. The van der Waals surface area contributed by atoms with Gasteiger partial charge in [-0.2, -0.15) is 0 Å². The van der Waals surface area contributed by atoms with Crippen LogP contribution in [0.3, 0.4) is 0 Å². The summed E-state index contributed by atoms with van der Waals surface area (Å²) in [6.45, 7) is 3.93. The van der Waals surface area contributed by atoms with E-state index in [0.717, 1.165) is 25.9 Å². The summed E-state index contributed by atoms with van der Waals surface area (Å²) < 4.78 is 11.4. The Bertz CT molecular complexity index is 684. The van der Waals surface area contributed by atoms with Crippen molar-refractivity contribution < 1.29 is 19.1 Å². The van der Waals surface area contributed by atoms with E-state index in [0.29, 0.717) is 50.5 Å². The maximum atomic E-state index is 12.9. The molecule has 4 heterocycles. The first-order chi connectivity index (χ1) is 13.2. The molecule has 0 radical (unpaired) electrons. The molecule has 0 aromatic carbocycles. The van der Waals surface area contributed by atoms with Gasteiger partial charge in [-0.3, -0.25) is 9.59 Å². The topological polar surface area (TPSA) is 72.0 Å². The number of pyridine rings is 1. The zero-order valence-corrected chi connectivity index (χ0v) is 15.7. The summed E-state index contributed by atoms with van der Waals surface area (Å²) in [6.07, 6.45) is 5.74. The van der Waals surface area contributed by atoms with Crippen LogP contribution < -0.4 is 0 Å². The van der Waals surface area contributed by atoms with Crippen molar-refractivity contribution in [1.82, 2.24) is 14.8 Å². The Morgan fingerprint density at radius 3 is 1.89 bits per heavy atom. The standard InChI is InChI=1S/C20H27N3O4/c24-18(22-10-3-1-2-4-11-22)16-6-5-7-17(21-16)19(25)23-12-8-20(9-13-23)26-14-15-27-20/h5-7H,1-4,8-15H2. The van der Waals surface area contributed by atoms with Crippen LogP contribution in [0.5, 0.6) is 0 Å². The van der Waals surface area contributed by atoms with E-state index in [2.05, 4.69) is 4.98 Å². The second-order valence-electron chi connectivity index (χ2n) is 7.51. The average molecular weight is 373 g/mol. The highest BCUT2D eigenvalue weighted by Crippen LogP contribution is 2.31. The van der Waals surface area contributed by atoms with E-state index >= 15 is 0 Å². The fourth-order valence-corrected chi connectivity index (χ4v) is 4.11. The Labute approximate surface area is 159 Å². The van der Waals surface area contributed by atoms with Crippen LogP contribution in [0, 0.1) is 0 Å². The van der Waals surface area contributed by atoms with Crippen molar-refractivity contribution in [2.75, 3.05) is 39.4 Å². The van der Waals surface area contributed by atoms with Crippen LogP contribution in [0.1, 0.15) is 59.5 Å². The van der Waals surface area contributed by atoms with Crippen LogP contribution in [0.25, 0.3) is 0 Å². The summed E-state index contributed by atoms with van der Waals surface area (Å²) in [5.74, 6) is -0.709. The smallest absolute Gasteiger partial charge is 0.272 e. The van der Waals surface area contributed by atoms with Gasteiger partial charge in [0.25, 0.3) is 11.8 Å². The van der Waals surface area contributed by atoms with E-state index < -0.39 is 5.79 Å². The van der Waals surface area contributed by atoms with E-state index in [4.69, 9.17) is 9.47 Å². The molecular formula is C20H27N3O4. The number of aromatic nitrogens is 1. The number of likely N-dealkylation sites (tertiary alicyclic amines) is 2. The van der Waals surface area contributed by atoms with Crippen molar-refractivity contribution >= 4 is 11.8 Å². The van der Waals surface area contributed by atoms with E-state index in [1.54, 1.807) is 23.1 Å². The molecule has 0 unspecified atom stereocenters. The molecule has 3 fully saturated rings. The first kappa shape index (κ1) is 18.4. The van der Waals surface area contributed by atoms with Crippen molar-refractivity contribution in [3.63, 3.8) is 0 Å². The molecule has 27 heavy (non-hydrogen) atoms. The number of ether oxygens (including phenoxy) is 2. The molecule has 1 aromatic heterocycles. The van der Waals surface area contributed by atoms with Gasteiger partial charge in [-0.15, -0.1) is 0 Å². The van der Waals surface area contributed by atoms with Gasteiger partial charge < -0.3 is 19.3 Å². The third kappa shape index (κ3) is 3.99. The van der Waals surface area contributed by atoms with Gasteiger partial charge in [-0.1, -0.05) is 18.9 Å². The summed E-state index contributed by atoms with van der Waals surface area (Å²) in [7, 11) is 0. The minimum atomic E-state index is -0.505. The highest BCUT2D eigenvalue weighted by molar-refractivity contribution is 5.96. The quantitative estimate of drug-likeness (QED) is 0.794. The Kier molecular flexibility index (Phi) is 5.41. The number of carbonyl (C=O) groups is 2. The van der Waals surface area contributed by atoms with Crippen LogP contribution in [-0.2, 0) is 9.47 Å². The Balaban J connectivity index is 1.42. The molecule has 3 saturated heterocycles. The second-order valence-corrected chi connectivity index (χ2v) is 7.51. The van der Waals surface area contributed by atoms with Gasteiger partial charge in [0, 0.05) is 39.0 Å². The summed E-state index contributed by atoms with van der Waals surface area (Å²) in [4.78, 5) is 33.7. The lowest BCUT2D eigenvalue weighted by Gasteiger charge is -2.37. The molecule has 3 aliphatic rings. The Morgan fingerprint density at radius 2 is 1.33 bits per heavy atom. The molecule has 0 saturated carbocycles. The van der Waals surface area contributed by atoms with Gasteiger partial charge in [0.05, 0.1) is 13.2 Å². The summed E-state index contributed by atoms with van der Waals surface area (Å²) in [6, 6.07) is 5.14. The maximum Gasteiger partial charge on any atom is 0.272 e. The van der Waals surface area contributed by atoms with Crippen molar-refractivity contribution in [1.29, 1.82) is 0 Å². The van der Waals surface area contributed by atoms with Crippen LogP contribution in [0.15, 0.2) is 18.2 Å². The lowest BCUT2D eigenvalue weighted by atomic mass is 10.0. The van der Waals surface area contributed by atoms with Gasteiger partial charge in [-0.05, 0) is 25.0 Å². The molecule has 3 aliphatic heterocycles. The van der Waals surface area contributed by atoms with E-state index in [-0.39, 0.29) is 11.8 Å². The number of amides is 2. The highest BCUT2D eigenvalue weighted by atomic mass is 16.7. The van der Waals surface area contributed by atoms with Crippen molar-refractivity contribution in [3.8, 4) is 0 Å². The number of piperidine rings is 1. The monoisotopic (exact) mass is 373 g/mol. The summed E-state index contributed by atoms with van der Waals surface area (Å²) in [5, 5.41) is 0. The van der Waals surface area contributed by atoms with Gasteiger partial charge in [0.1, 0.15) is 11.4 Å². The Morgan fingerprint density at radius 1 is 0.815 bits per heavy atom. The van der Waals surface area contributed by atoms with Gasteiger partial charge in [0.15, 0.2) is 5.79 Å². The van der Waals surface area contributed by atoms with Crippen LogP contribution in [0.2, 0.25) is 0 Å². The van der Waals surface area contributed by atoms with E-state index in [9.17, 15) is 9.59 Å². The zero-order chi connectivity index (χ0) is 18.7. The SMILES string of the molecule is O=C(c1cccc(C(=O)N2CCC3(CC2)OCCO3)n1)N1CCCCCC1. The first-order valence-electron chi connectivity index (χ1n) is 10.0. The predicted octanol–water partition coefficient (Wildman–Crippen LogP) is 2.08. The minimum absolute atomic E-state index is 0.0723. The molecule has 1 spiro atoms. The van der Waals surface area contributed by atoms with E-state index in [1.807, 2.05) is 4.90 Å². The Hall–Kier alpha value is -1.99. The lowest BCUT2D eigenvalue weighted by Crippen LogP contribution is -2.47. The summed E-state index contributed by atoms with van der Waals surface area (Å²) >= 11 is 0. The third-order valence-corrected chi connectivity index (χ3v) is 5.71. The van der Waals surface area contributed by atoms with Crippen molar-refractivity contribution in [3.05, 3.63) is 29.6 Å². The molecule has 7 heteroatoms. The van der Waals surface area contributed by atoms with Crippen molar-refractivity contribution in [2.45, 2.75) is 44.3 Å². The largest absolute Gasteiger partial charge is 0.347 e. The van der Waals surface area contributed by atoms with E-state index in [1.165, 1.54) is 12.8 Å². The van der Waals surface area contributed by atoms with Crippen LogP contribution >= 0.6 is 0 Å². The van der Waals surface area contributed by atoms with Gasteiger partial charge in [-0.25, -0.2) is 4.98 Å². The lowest BCUT2D eigenvalue weighted by molar-refractivity contribution is -0.181. The molecule has 1 aromatic rings. The molecule has 0 aliphatic carbocycles. The number of hydrogen-bond donors (Lipinski definition) is 0. The molecule has 7 nitrogen and oxygen atoms in total. The fraction of sp³-hybridized carbons (Fsp3) is 0.650. The predicted molar refractivity (Wildman–Crippen MR) is 98.4 cm³/mol. The van der Waals surface area contributed by atoms with Gasteiger partial charge >= 0.3 is 0 Å². The summed E-state index contributed by atoms with van der Waals surface area (Å²) in [5.41, 5.74) is 0.693. The average Bonchev–Trinajstić information content (AvgIpc) is 2.99. The van der Waals surface area contributed by atoms with Crippen LogP contribution in [0.4, 0.5) is 0 Å². The molecular weight excluding hydrogens is 346 g/mol. The van der Waals surface area contributed by atoms with Crippen LogP contribution in [-0.4, -0.2) is 71.8 Å². The molecule has 146 valence electrons. The normalized spacial score (nSPS) is 22.7. The first-order valence-corrected chi connectivity index (χ1v) is 10.0. The van der Waals surface area contributed by atoms with Crippen molar-refractivity contribution in [2.24, 2.45) is 0 Å². The zero-order valence-electron chi connectivity index (χ0n) is 15.7. The number of hydrogen-bond acceptors (Lipinski definition) is 5. The molecule has 2 amide bonds. The molecule has 0 atom stereocenters. The highest BCUT2D eigenvalue weighted by Gasteiger charge is 2.41. The second kappa shape index (κ2) is 7.94. The maximum absolute atomic E-state index is 12.9. The minimum Gasteiger partial charge on any atom is -0.347 e. The fourth-order valence-electron chi connectivity index (χ4n) is 4.11. The van der Waals surface area contributed by atoms with Gasteiger partial charge in [0.2, 0.25) is 0 Å². The number of nitrogens with zero attached hydrogens (tertiary/aromatic N) is 3.